The summed E-state index contributed by atoms with van der Waals surface area (Å²) in [6.45, 7) is 0.480. The SMILES string of the molecule is CSCCC(C(=O)N(C)Cc1ccc(Br)s1)N1C(=O)C2CCCCC2C1=O. The lowest BCUT2D eigenvalue weighted by atomic mass is 9.81. The maximum Gasteiger partial charge on any atom is 0.245 e. The third-order valence-electron chi connectivity index (χ3n) is 5.47. The number of amides is 3. The first kappa shape index (κ1) is 20.9. The van der Waals surface area contributed by atoms with E-state index in [1.165, 1.54) is 4.90 Å². The highest BCUT2D eigenvalue weighted by Crippen LogP contribution is 2.39. The van der Waals surface area contributed by atoms with Crippen molar-refractivity contribution in [1.29, 1.82) is 0 Å². The van der Waals surface area contributed by atoms with Crippen LogP contribution in [0.2, 0.25) is 0 Å². The second-order valence-corrected chi connectivity index (χ2v) is 10.8. The van der Waals surface area contributed by atoms with Crippen molar-refractivity contribution >= 4 is 56.8 Å². The normalized spacial score (nSPS) is 23.4. The number of likely N-dealkylation sites (N-methyl/N-ethyl adjacent to an activating group) is 1. The molecular weight excluding hydrogens is 448 g/mol. The van der Waals surface area contributed by atoms with E-state index >= 15 is 0 Å². The number of carbonyl (C=O) groups excluding carboxylic acids is 3. The maximum absolute atomic E-state index is 13.2. The van der Waals surface area contributed by atoms with Crippen LogP contribution in [0.4, 0.5) is 0 Å². The molecule has 1 saturated heterocycles. The smallest absolute Gasteiger partial charge is 0.245 e. The number of hydrogen-bond donors (Lipinski definition) is 0. The van der Waals surface area contributed by atoms with Gasteiger partial charge in [0.15, 0.2) is 0 Å². The third-order valence-corrected chi connectivity index (χ3v) is 7.72. The van der Waals surface area contributed by atoms with Crippen molar-refractivity contribution < 1.29 is 14.4 Å². The van der Waals surface area contributed by atoms with Gasteiger partial charge in [0.05, 0.1) is 22.2 Å². The summed E-state index contributed by atoms with van der Waals surface area (Å²) in [5, 5.41) is 0. The molecular formula is C19H25BrN2O3S2. The van der Waals surface area contributed by atoms with Crippen molar-refractivity contribution in [3.05, 3.63) is 20.8 Å². The van der Waals surface area contributed by atoms with Crippen molar-refractivity contribution in [1.82, 2.24) is 9.80 Å². The summed E-state index contributed by atoms with van der Waals surface area (Å²) in [6.07, 6.45) is 6.01. The van der Waals surface area contributed by atoms with Gasteiger partial charge in [0.1, 0.15) is 6.04 Å². The number of fused-ring (bicyclic) bond motifs is 1. The van der Waals surface area contributed by atoms with E-state index in [4.69, 9.17) is 0 Å². The lowest BCUT2D eigenvalue weighted by Gasteiger charge is -2.29. The zero-order valence-corrected chi connectivity index (χ0v) is 18.9. The fraction of sp³-hybridized carbons (Fsp3) is 0.632. The number of carbonyl (C=O) groups is 3. The van der Waals surface area contributed by atoms with E-state index in [1.54, 1.807) is 35.0 Å². The molecule has 0 bridgehead atoms. The highest BCUT2D eigenvalue weighted by Gasteiger charge is 2.51. The van der Waals surface area contributed by atoms with Crippen molar-refractivity contribution in [2.75, 3.05) is 19.1 Å². The van der Waals surface area contributed by atoms with E-state index in [1.807, 2.05) is 18.4 Å². The fourth-order valence-corrected chi connectivity index (χ4v) is 6.09. The van der Waals surface area contributed by atoms with Crippen LogP contribution in [0, 0.1) is 11.8 Å². The van der Waals surface area contributed by atoms with Crippen LogP contribution < -0.4 is 0 Å². The molecule has 0 radical (unpaired) electrons. The molecule has 3 unspecified atom stereocenters. The minimum atomic E-state index is -0.684. The van der Waals surface area contributed by atoms with Gasteiger partial charge in [-0.05, 0) is 59.3 Å². The molecule has 0 aromatic carbocycles. The molecule has 3 rings (SSSR count). The van der Waals surface area contributed by atoms with Crippen molar-refractivity contribution in [2.45, 2.75) is 44.7 Å². The molecule has 8 heteroatoms. The topological polar surface area (TPSA) is 57.7 Å². The van der Waals surface area contributed by atoms with E-state index < -0.39 is 6.04 Å². The standard InChI is InChI=1S/C19H25BrN2O3S2/c1-21(11-12-7-8-16(20)27-12)19(25)15(9-10-26-2)22-17(23)13-5-3-4-6-14(13)18(22)24/h7-8,13-15H,3-6,9-11H2,1-2H3. The molecule has 0 N–H and O–H groups in total. The zero-order valence-electron chi connectivity index (χ0n) is 15.7. The largest absolute Gasteiger partial charge is 0.339 e. The Hall–Kier alpha value is -0.860. The van der Waals surface area contributed by atoms with Gasteiger partial charge < -0.3 is 4.90 Å². The molecule has 2 aliphatic rings. The Morgan fingerprint density at radius 1 is 1.30 bits per heavy atom. The molecule has 2 fully saturated rings. The van der Waals surface area contributed by atoms with Gasteiger partial charge in [-0.15, -0.1) is 11.3 Å². The minimum absolute atomic E-state index is 0.128. The van der Waals surface area contributed by atoms with Crippen molar-refractivity contribution in [3.63, 3.8) is 0 Å². The van der Waals surface area contributed by atoms with Crippen LogP contribution in [0.15, 0.2) is 15.9 Å². The summed E-state index contributed by atoms with van der Waals surface area (Å²) in [7, 11) is 1.75. The molecule has 5 nitrogen and oxygen atoms in total. The van der Waals surface area contributed by atoms with Crippen LogP contribution in [0.5, 0.6) is 0 Å². The number of nitrogens with zero attached hydrogens (tertiary/aromatic N) is 2. The van der Waals surface area contributed by atoms with Gasteiger partial charge >= 0.3 is 0 Å². The van der Waals surface area contributed by atoms with E-state index in [2.05, 4.69) is 15.9 Å². The van der Waals surface area contributed by atoms with E-state index in [0.717, 1.165) is 40.1 Å². The Morgan fingerprint density at radius 2 is 1.93 bits per heavy atom. The average molecular weight is 473 g/mol. The molecule has 2 heterocycles. The van der Waals surface area contributed by atoms with E-state index in [9.17, 15) is 14.4 Å². The molecule has 3 amide bonds. The Kier molecular flexibility index (Phi) is 7.03. The first-order valence-corrected chi connectivity index (χ1v) is 12.3. The van der Waals surface area contributed by atoms with E-state index in [0.29, 0.717) is 13.0 Å². The molecule has 1 aliphatic heterocycles. The van der Waals surface area contributed by atoms with Gasteiger partial charge in [-0.2, -0.15) is 11.8 Å². The second-order valence-electron chi connectivity index (χ2n) is 7.24. The predicted octanol–water partition coefficient (Wildman–Crippen LogP) is 3.77. The third kappa shape index (κ3) is 4.43. The quantitative estimate of drug-likeness (QED) is 0.566. The van der Waals surface area contributed by atoms with Crippen LogP contribution >= 0.6 is 39.0 Å². The van der Waals surface area contributed by atoms with Gasteiger partial charge in [0, 0.05) is 11.9 Å². The predicted molar refractivity (Wildman–Crippen MR) is 113 cm³/mol. The summed E-state index contributed by atoms with van der Waals surface area (Å²) < 4.78 is 1.02. The molecule has 1 aromatic rings. The lowest BCUT2D eigenvalue weighted by molar-refractivity contribution is -0.151. The molecule has 148 valence electrons. The van der Waals surface area contributed by atoms with Crippen LogP contribution in [0.25, 0.3) is 0 Å². The number of rotatable bonds is 7. The average Bonchev–Trinajstić information content (AvgIpc) is 3.18. The minimum Gasteiger partial charge on any atom is -0.339 e. The van der Waals surface area contributed by atoms with E-state index in [-0.39, 0.29) is 29.6 Å². The lowest BCUT2D eigenvalue weighted by Crippen LogP contribution is -2.50. The van der Waals surface area contributed by atoms with Crippen molar-refractivity contribution in [2.24, 2.45) is 11.8 Å². The Labute approximate surface area is 177 Å². The van der Waals surface area contributed by atoms with Gasteiger partial charge in [0.25, 0.3) is 0 Å². The highest BCUT2D eigenvalue weighted by molar-refractivity contribution is 9.11. The number of likely N-dealkylation sites (tertiary alicyclic amines) is 1. The van der Waals surface area contributed by atoms with Crippen molar-refractivity contribution in [3.8, 4) is 0 Å². The van der Waals surface area contributed by atoms with Crippen LogP contribution in [0.1, 0.15) is 37.0 Å². The fourth-order valence-electron chi connectivity index (χ4n) is 4.09. The number of hydrogen-bond acceptors (Lipinski definition) is 5. The highest BCUT2D eigenvalue weighted by atomic mass is 79.9. The number of imide groups is 1. The van der Waals surface area contributed by atoms with Crippen LogP contribution in [-0.2, 0) is 20.9 Å². The van der Waals surface area contributed by atoms with Gasteiger partial charge in [0.2, 0.25) is 17.7 Å². The first-order valence-electron chi connectivity index (χ1n) is 9.29. The molecule has 1 aromatic heterocycles. The number of thiophene rings is 1. The summed E-state index contributed by atoms with van der Waals surface area (Å²) in [5.41, 5.74) is 0. The molecule has 1 aliphatic carbocycles. The van der Waals surface area contributed by atoms with Crippen LogP contribution in [0.3, 0.4) is 0 Å². The molecule has 3 atom stereocenters. The van der Waals surface area contributed by atoms with Gasteiger partial charge in [-0.3, -0.25) is 19.3 Å². The van der Waals surface area contributed by atoms with Gasteiger partial charge in [-0.1, -0.05) is 12.8 Å². The van der Waals surface area contributed by atoms with Crippen LogP contribution in [-0.4, -0.2) is 52.6 Å². The molecule has 1 saturated carbocycles. The second kappa shape index (κ2) is 9.09. The molecule has 0 spiro atoms. The zero-order chi connectivity index (χ0) is 19.6. The number of thioether (sulfide) groups is 1. The Morgan fingerprint density at radius 3 is 2.44 bits per heavy atom. The summed E-state index contributed by atoms with van der Waals surface area (Å²) in [6, 6.07) is 3.26. The maximum atomic E-state index is 13.2. The first-order chi connectivity index (χ1) is 12.9. The Balaban J connectivity index is 1.79. The summed E-state index contributed by atoms with van der Waals surface area (Å²) in [5.74, 6) is -0.0909. The molecule has 27 heavy (non-hydrogen) atoms. The number of halogens is 1. The Bertz CT molecular complexity index is 700. The summed E-state index contributed by atoms with van der Waals surface area (Å²) >= 11 is 6.65. The monoisotopic (exact) mass is 472 g/mol. The van der Waals surface area contributed by atoms with Gasteiger partial charge in [-0.25, -0.2) is 0 Å². The summed E-state index contributed by atoms with van der Waals surface area (Å²) in [4.78, 5) is 43.2.